The molecule has 0 saturated heterocycles. The second kappa shape index (κ2) is 6.13. The maximum atomic E-state index is 11.1. The van der Waals surface area contributed by atoms with Gasteiger partial charge in [-0.1, -0.05) is 29.3 Å². The molecule has 0 aliphatic heterocycles. The van der Waals surface area contributed by atoms with Gasteiger partial charge in [0, 0.05) is 18.6 Å². The van der Waals surface area contributed by atoms with Crippen LogP contribution in [0.3, 0.4) is 0 Å². The van der Waals surface area contributed by atoms with Crippen LogP contribution in [0.4, 0.5) is 0 Å². The van der Waals surface area contributed by atoms with Gasteiger partial charge in [-0.15, -0.1) is 0 Å². The van der Waals surface area contributed by atoms with Gasteiger partial charge < -0.3 is 5.11 Å². The van der Waals surface area contributed by atoms with Crippen LogP contribution in [0.5, 0.6) is 0 Å². The highest BCUT2D eigenvalue weighted by molar-refractivity contribution is 7.97. The van der Waals surface area contributed by atoms with Crippen molar-refractivity contribution >= 4 is 17.7 Å². The lowest BCUT2D eigenvalue weighted by atomic mass is 10.1. The van der Waals surface area contributed by atoms with E-state index >= 15 is 0 Å². The molecule has 1 heterocycles. The third kappa shape index (κ3) is 3.42. The first-order valence-electron chi connectivity index (χ1n) is 6.36. The van der Waals surface area contributed by atoms with Crippen LogP contribution < -0.4 is 0 Å². The number of aromatic carboxylic acids is 1. The average molecular weight is 290 g/mol. The van der Waals surface area contributed by atoms with Crippen molar-refractivity contribution in [2.24, 2.45) is 7.05 Å². The van der Waals surface area contributed by atoms with Gasteiger partial charge in [0.25, 0.3) is 0 Å². The fourth-order valence-electron chi connectivity index (χ4n) is 2.23. The molecule has 0 bridgehead atoms. The molecule has 0 aliphatic carbocycles. The van der Waals surface area contributed by atoms with Gasteiger partial charge in [0.05, 0.1) is 11.9 Å². The Morgan fingerprint density at radius 2 is 1.90 bits per heavy atom. The highest BCUT2D eigenvalue weighted by atomic mass is 32.2. The summed E-state index contributed by atoms with van der Waals surface area (Å²) in [6.07, 6.45) is 1.41. The van der Waals surface area contributed by atoms with Crippen molar-refractivity contribution in [3.63, 3.8) is 0 Å². The third-order valence-corrected chi connectivity index (χ3v) is 4.10. The van der Waals surface area contributed by atoms with Crippen molar-refractivity contribution in [1.82, 2.24) is 9.78 Å². The standard InChI is InChI=1S/C15H18N2O2S/c1-10-4-11(2)6-12(5-10)8-20-9-14-13(15(18)19)7-16-17(14)3/h4-7H,8-9H2,1-3H3,(H,18,19). The summed E-state index contributed by atoms with van der Waals surface area (Å²) in [6.45, 7) is 4.18. The molecule has 0 fully saturated rings. The number of carbonyl (C=O) groups is 1. The van der Waals surface area contributed by atoms with Crippen molar-refractivity contribution in [2.45, 2.75) is 25.4 Å². The van der Waals surface area contributed by atoms with Crippen LogP contribution >= 0.6 is 11.8 Å². The molecular formula is C15H18N2O2S. The summed E-state index contributed by atoms with van der Waals surface area (Å²) in [7, 11) is 1.78. The number of thioether (sulfide) groups is 1. The molecule has 20 heavy (non-hydrogen) atoms. The average Bonchev–Trinajstić information content (AvgIpc) is 2.70. The Labute approximate surface area is 122 Å². The van der Waals surface area contributed by atoms with Crippen molar-refractivity contribution in [3.05, 3.63) is 52.3 Å². The zero-order valence-corrected chi connectivity index (χ0v) is 12.7. The molecule has 1 N–H and O–H groups in total. The highest BCUT2D eigenvalue weighted by Crippen LogP contribution is 2.21. The van der Waals surface area contributed by atoms with Gasteiger partial charge in [-0.2, -0.15) is 16.9 Å². The van der Waals surface area contributed by atoms with E-state index in [0.717, 1.165) is 11.4 Å². The maximum absolute atomic E-state index is 11.1. The van der Waals surface area contributed by atoms with E-state index in [1.165, 1.54) is 22.9 Å². The monoisotopic (exact) mass is 290 g/mol. The normalized spacial score (nSPS) is 10.8. The van der Waals surface area contributed by atoms with E-state index in [-0.39, 0.29) is 0 Å². The molecule has 2 rings (SSSR count). The molecule has 0 unspecified atom stereocenters. The predicted octanol–water partition coefficient (Wildman–Crippen LogP) is 3.17. The van der Waals surface area contributed by atoms with Crippen molar-refractivity contribution in [1.29, 1.82) is 0 Å². The van der Waals surface area contributed by atoms with Crippen LogP contribution in [0, 0.1) is 13.8 Å². The number of hydrogen-bond acceptors (Lipinski definition) is 3. The molecule has 0 aliphatic rings. The maximum Gasteiger partial charge on any atom is 0.339 e. The topological polar surface area (TPSA) is 55.1 Å². The molecule has 0 radical (unpaired) electrons. The first-order valence-corrected chi connectivity index (χ1v) is 7.52. The number of carboxylic acids is 1. The predicted molar refractivity (Wildman–Crippen MR) is 81.1 cm³/mol. The molecule has 106 valence electrons. The summed E-state index contributed by atoms with van der Waals surface area (Å²) < 4.78 is 1.64. The Morgan fingerprint density at radius 3 is 2.50 bits per heavy atom. The number of nitrogens with zero attached hydrogens (tertiary/aromatic N) is 2. The fraction of sp³-hybridized carbons (Fsp3) is 0.333. The number of hydrogen-bond donors (Lipinski definition) is 1. The lowest BCUT2D eigenvalue weighted by Gasteiger charge is -2.06. The van der Waals surface area contributed by atoms with E-state index in [4.69, 9.17) is 5.11 Å². The second-order valence-electron chi connectivity index (χ2n) is 4.92. The van der Waals surface area contributed by atoms with E-state index in [0.29, 0.717) is 11.3 Å². The van der Waals surface area contributed by atoms with Gasteiger partial charge in [-0.3, -0.25) is 4.68 Å². The summed E-state index contributed by atoms with van der Waals surface area (Å²) in [5.41, 5.74) is 4.83. The molecule has 2 aromatic rings. The molecule has 0 atom stereocenters. The van der Waals surface area contributed by atoms with Gasteiger partial charge in [0.15, 0.2) is 0 Å². The lowest BCUT2D eigenvalue weighted by Crippen LogP contribution is -2.03. The summed E-state index contributed by atoms with van der Waals surface area (Å²) in [6, 6.07) is 6.49. The minimum absolute atomic E-state index is 0.292. The van der Waals surface area contributed by atoms with Crippen LogP contribution in [0.1, 0.15) is 32.7 Å². The van der Waals surface area contributed by atoms with E-state index in [9.17, 15) is 4.79 Å². The van der Waals surface area contributed by atoms with Crippen LogP contribution in [-0.4, -0.2) is 20.9 Å². The Morgan fingerprint density at radius 1 is 1.25 bits per heavy atom. The number of benzene rings is 1. The number of aromatic nitrogens is 2. The Hall–Kier alpha value is -1.75. The molecule has 1 aromatic heterocycles. The first kappa shape index (κ1) is 14.7. The number of carboxylic acid groups (broad SMARTS) is 1. The van der Waals surface area contributed by atoms with Gasteiger partial charge >= 0.3 is 5.97 Å². The molecule has 5 heteroatoms. The number of rotatable bonds is 5. The first-order chi connectivity index (χ1) is 9.47. The zero-order chi connectivity index (χ0) is 14.7. The minimum Gasteiger partial charge on any atom is -0.478 e. The zero-order valence-electron chi connectivity index (χ0n) is 11.9. The molecule has 1 aromatic carbocycles. The Kier molecular flexibility index (Phi) is 4.49. The summed E-state index contributed by atoms with van der Waals surface area (Å²) in [4.78, 5) is 11.1. The number of aryl methyl sites for hydroxylation is 3. The second-order valence-corrected chi connectivity index (χ2v) is 5.91. The highest BCUT2D eigenvalue weighted by Gasteiger charge is 2.14. The van der Waals surface area contributed by atoms with Crippen LogP contribution in [0.2, 0.25) is 0 Å². The van der Waals surface area contributed by atoms with Gasteiger partial charge in [0.1, 0.15) is 5.56 Å². The minimum atomic E-state index is -0.917. The van der Waals surface area contributed by atoms with Crippen LogP contribution in [-0.2, 0) is 18.6 Å². The van der Waals surface area contributed by atoms with Crippen molar-refractivity contribution < 1.29 is 9.90 Å². The van der Waals surface area contributed by atoms with Crippen molar-refractivity contribution in [3.8, 4) is 0 Å². The van der Waals surface area contributed by atoms with E-state index < -0.39 is 5.97 Å². The van der Waals surface area contributed by atoms with Gasteiger partial charge in [0.2, 0.25) is 0 Å². The molecular weight excluding hydrogens is 272 g/mol. The van der Waals surface area contributed by atoms with E-state index in [2.05, 4.69) is 37.1 Å². The van der Waals surface area contributed by atoms with Gasteiger partial charge in [-0.05, 0) is 19.4 Å². The molecule has 0 spiro atoms. The molecule has 4 nitrogen and oxygen atoms in total. The van der Waals surface area contributed by atoms with Crippen LogP contribution in [0.25, 0.3) is 0 Å². The summed E-state index contributed by atoms with van der Waals surface area (Å²) in [5.74, 6) is 0.595. The van der Waals surface area contributed by atoms with Crippen molar-refractivity contribution in [2.75, 3.05) is 0 Å². The lowest BCUT2D eigenvalue weighted by molar-refractivity contribution is 0.0696. The molecule has 0 saturated carbocycles. The summed E-state index contributed by atoms with van der Waals surface area (Å²) >= 11 is 1.70. The quantitative estimate of drug-likeness (QED) is 0.919. The third-order valence-electron chi connectivity index (χ3n) is 3.08. The van der Waals surface area contributed by atoms with E-state index in [1.54, 1.807) is 23.5 Å². The van der Waals surface area contributed by atoms with E-state index in [1.807, 2.05) is 0 Å². The Bertz CT molecular complexity index is 615. The summed E-state index contributed by atoms with van der Waals surface area (Å²) in [5, 5.41) is 13.1. The largest absolute Gasteiger partial charge is 0.478 e. The fourth-order valence-corrected chi connectivity index (χ4v) is 3.27. The molecule has 0 amide bonds. The Balaban J connectivity index is 2.03. The van der Waals surface area contributed by atoms with Crippen LogP contribution in [0.15, 0.2) is 24.4 Å². The SMILES string of the molecule is Cc1cc(C)cc(CSCc2c(C(=O)O)cnn2C)c1. The van der Waals surface area contributed by atoms with Gasteiger partial charge in [-0.25, -0.2) is 4.79 Å². The smallest absolute Gasteiger partial charge is 0.339 e.